The van der Waals surface area contributed by atoms with E-state index in [-0.39, 0.29) is 5.41 Å². The summed E-state index contributed by atoms with van der Waals surface area (Å²) in [5.74, 6) is 0. The molecule has 1 rings (SSSR count). The molecule has 1 aromatic rings. The van der Waals surface area contributed by atoms with Crippen LogP contribution in [0.15, 0.2) is 24.3 Å². The van der Waals surface area contributed by atoms with Gasteiger partial charge in [0.1, 0.15) is 0 Å². The van der Waals surface area contributed by atoms with E-state index in [1.54, 1.807) is 0 Å². The largest absolute Gasteiger partial charge is 0.314 e. The van der Waals surface area contributed by atoms with Crippen molar-refractivity contribution in [1.29, 1.82) is 0 Å². The molecule has 0 spiro atoms. The zero-order valence-corrected chi connectivity index (χ0v) is 11.4. The van der Waals surface area contributed by atoms with E-state index in [0.29, 0.717) is 6.04 Å². The Morgan fingerprint density at radius 3 is 2.56 bits per heavy atom. The molecule has 0 heterocycles. The first-order valence-corrected chi connectivity index (χ1v) is 6.25. The lowest BCUT2D eigenvalue weighted by Gasteiger charge is -2.26. The average molecular weight is 240 g/mol. The number of hydrogen-bond acceptors (Lipinski definition) is 1. The van der Waals surface area contributed by atoms with Gasteiger partial charge in [-0.25, -0.2) is 0 Å². The van der Waals surface area contributed by atoms with E-state index in [2.05, 4.69) is 45.1 Å². The van der Waals surface area contributed by atoms with Crippen LogP contribution in [0.1, 0.15) is 33.3 Å². The first kappa shape index (κ1) is 13.5. The molecule has 1 N–H and O–H groups in total. The fraction of sp³-hybridized carbons (Fsp3) is 0.571. The first-order chi connectivity index (χ1) is 7.39. The van der Waals surface area contributed by atoms with Gasteiger partial charge in [0, 0.05) is 17.6 Å². The molecule has 0 aliphatic carbocycles. The monoisotopic (exact) mass is 239 g/mol. The van der Waals surface area contributed by atoms with Crippen molar-refractivity contribution >= 4 is 11.6 Å². The van der Waals surface area contributed by atoms with Gasteiger partial charge in [0.2, 0.25) is 0 Å². The van der Waals surface area contributed by atoms with Crippen LogP contribution in [0.2, 0.25) is 5.02 Å². The van der Waals surface area contributed by atoms with Crippen molar-refractivity contribution in [3.63, 3.8) is 0 Å². The average Bonchev–Trinajstić information content (AvgIpc) is 2.14. The van der Waals surface area contributed by atoms with Crippen LogP contribution < -0.4 is 5.32 Å². The fourth-order valence-electron chi connectivity index (χ4n) is 1.74. The molecule has 0 unspecified atom stereocenters. The third-order valence-corrected chi connectivity index (χ3v) is 2.80. The fourth-order valence-corrected chi connectivity index (χ4v) is 1.96. The van der Waals surface area contributed by atoms with Gasteiger partial charge in [0.25, 0.3) is 0 Å². The highest BCUT2D eigenvalue weighted by Crippen LogP contribution is 2.22. The zero-order valence-electron chi connectivity index (χ0n) is 10.7. The van der Waals surface area contributed by atoms with E-state index >= 15 is 0 Å². The Morgan fingerprint density at radius 2 is 2.00 bits per heavy atom. The molecule has 0 radical (unpaired) electrons. The van der Waals surface area contributed by atoms with Crippen molar-refractivity contribution in [2.24, 2.45) is 5.41 Å². The van der Waals surface area contributed by atoms with Crippen LogP contribution in [0, 0.1) is 5.41 Å². The SMILES string of the molecule is CC(C)NCC(C)(C)Cc1cccc(Cl)c1. The number of rotatable bonds is 5. The van der Waals surface area contributed by atoms with Gasteiger partial charge >= 0.3 is 0 Å². The number of benzene rings is 1. The van der Waals surface area contributed by atoms with Gasteiger partial charge in [0.05, 0.1) is 0 Å². The Bertz CT molecular complexity index is 331. The Kier molecular flexibility index (Phi) is 4.82. The third kappa shape index (κ3) is 5.00. The Hall–Kier alpha value is -0.530. The van der Waals surface area contributed by atoms with Crippen LogP contribution in [-0.4, -0.2) is 12.6 Å². The van der Waals surface area contributed by atoms with Crippen LogP contribution >= 0.6 is 11.6 Å². The number of nitrogens with one attached hydrogen (secondary N) is 1. The van der Waals surface area contributed by atoms with Crippen LogP contribution in [0.3, 0.4) is 0 Å². The summed E-state index contributed by atoms with van der Waals surface area (Å²) in [5.41, 5.74) is 1.57. The van der Waals surface area contributed by atoms with Crippen molar-refractivity contribution in [3.05, 3.63) is 34.9 Å². The van der Waals surface area contributed by atoms with Crippen LogP contribution in [0.5, 0.6) is 0 Å². The van der Waals surface area contributed by atoms with E-state index in [4.69, 9.17) is 11.6 Å². The molecule has 16 heavy (non-hydrogen) atoms. The summed E-state index contributed by atoms with van der Waals surface area (Å²) < 4.78 is 0. The molecular formula is C14H22ClN. The molecule has 2 heteroatoms. The molecule has 0 fully saturated rings. The normalized spacial score (nSPS) is 12.1. The molecule has 0 saturated heterocycles. The van der Waals surface area contributed by atoms with Crippen LogP contribution in [0.4, 0.5) is 0 Å². The van der Waals surface area contributed by atoms with Crippen LogP contribution in [-0.2, 0) is 6.42 Å². The molecule has 0 aliphatic heterocycles. The van der Waals surface area contributed by atoms with Gasteiger partial charge < -0.3 is 5.32 Å². The van der Waals surface area contributed by atoms with Gasteiger partial charge in [-0.05, 0) is 29.5 Å². The lowest BCUT2D eigenvalue weighted by atomic mass is 9.85. The molecule has 0 aromatic heterocycles. The van der Waals surface area contributed by atoms with E-state index in [0.717, 1.165) is 18.0 Å². The second kappa shape index (κ2) is 5.70. The molecular weight excluding hydrogens is 218 g/mol. The maximum atomic E-state index is 5.99. The van der Waals surface area contributed by atoms with E-state index in [9.17, 15) is 0 Å². The summed E-state index contributed by atoms with van der Waals surface area (Å²) in [7, 11) is 0. The lowest BCUT2D eigenvalue weighted by molar-refractivity contribution is 0.326. The van der Waals surface area contributed by atoms with E-state index in [1.165, 1.54) is 5.56 Å². The van der Waals surface area contributed by atoms with Crippen molar-refractivity contribution in [3.8, 4) is 0 Å². The smallest absolute Gasteiger partial charge is 0.0408 e. The van der Waals surface area contributed by atoms with Gasteiger partial charge in [-0.1, -0.05) is 51.4 Å². The Balaban J connectivity index is 2.58. The molecule has 0 amide bonds. The standard InChI is InChI=1S/C14H22ClN/c1-11(2)16-10-14(3,4)9-12-6-5-7-13(15)8-12/h5-8,11,16H,9-10H2,1-4H3. The van der Waals surface area contributed by atoms with Crippen molar-refractivity contribution in [1.82, 2.24) is 5.32 Å². The highest BCUT2D eigenvalue weighted by Gasteiger charge is 2.18. The van der Waals surface area contributed by atoms with Gasteiger partial charge in [-0.3, -0.25) is 0 Å². The molecule has 0 aliphatic rings. The predicted octanol–water partition coefficient (Wildman–Crippen LogP) is 3.91. The Morgan fingerprint density at radius 1 is 1.31 bits per heavy atom. The van der Waals surface area contributed by atoms with Gasteiger partial charge in [0.15, 0.2) is 0 Å². The highest BCUT2D eigenvalue weighted by molar-refractivity contribution is 6.30. The summed E-state index contributed by atoms with van der Waals surface area (Å²) in [4.78, 5) is 0. The number of hydrogen-bond donors (Lipinski definition) is 1. The maximum absolute atomic E-state index is 5.99. The van der Waals surface area contributed by atoms with Gasteiger partial charge in [-0.15, -0.1) is 0 Å². The first-order valence-electron chi connectivity index (χ1n) is 5.87. The summed E-state index contributed by atoms with van der Waals surface area (Å²) in [6.07, 6.45) is 1.05. The van der Waals surface area contributed by atoms with E-state index in [1.807, 2.05) is 12.1 Å². The lowest BCUT2D eigenvalue weighted by Crippen LogP contribution is -2.35. The molecule has 90 valence electrons. The summed E-state index contributed by atoms with van der Waals surface area (Å²) >= 11 is 5.99. The van der Waals surface area contributed by atoms with Crippen molar-refractivity contribution in [2.45, 2.75) is 40.2 Å². The number of halogens is 1. The van der Waals surface area contributed by atoms with Crippen LogP contribution in [0.25, 0.3) is 0 Å². The zero-order chi connectivity index (χ0) is 12.2. The summed E-state index contributed by atoms with van der Waals surface area (Å²) in [6, 6.07) is 8.68. The second-order valence-corrected chi connectivity index (χ2v) is 5.94. The Labute approximate surface area is 104 Å². The molecule has 1 aromatic carbocycles. The minimum Gasteiger partial charge on any atom is -0.314 e. The topological polar surface area (TPSA) is 12.0 Å². The molecule has 0 bridgehead atoms. The quantitative estimate of drug-likeness (QED) is 0.822. The maximum Gasteiger partial charge on any atom is 0.0408 e. The predicted molar refractivity (Wildman–Crippen MR) is 72.1 cm³/mol. The second-order valence-electron chi connectivity index (χ2n) is 5.51. The summed E-state index contributed by atoms with van der Waals surface area (Å²) in [5, 5.41) is 4.31. The van der Waals surface area contributed by atoms with Crippen molar-refractivity contribution in [2.75, 3.05) is 6.54 Å². The van der Waals surface area contributed by atoms with E-state index < -0.39 is 0 Å². The van der Waals surface area contributed by atoms with Crippen molar-refractivity contribution < 1.29 is 0 Å². The van der Waals surface area contributed by atoms with Gasteiger partial charge in [-0.2, -0.15) is 0 Å². The minimum atomic E-state index is 0.259. The molecule has 0 saturated carbocycles. The third-order valence-electron chi connectivity index (χ3n) is 2.56. The molecule has 1 nitrogen and oxygen atoms in total. The highest BCUT2D eigenvalue weighted by atomic mass is 35.5. The summed E-state index contributed by atoms with van der Waals surface area (Å²) in [6.45, 7) is 9.94. The minimum absolute atomic E-state index is 0.259. The molecule has 0 atom stereocenters.